The largest absolute Gasteiger partial charge is 0.493 e. The molecule has 0 bridgehead atoms. The minimum Gasteiger partial charge on any atom is -0.493 e. The molecule has 0 heterocycles. The van der Waals surface area contributed by atoms with Gasteiger partial charge in [-0.1, -0.05) is 46.3 Å². The topological polar surface area (TPSA) is 109 Å². The van der Waals surface area contributed by atoms with E-state index in [1.165, 1.54) is 25.3 Å². The third-order valence-electron chi connectivity index (χ3n) is 4.59. The van der Waals surface area contributed by atoms with E-state index in [2.05, 4.69) is 28.1 Å². The van der Waals surface area contributed by atoms with Gasteiger partial charge in [-0.25, -0.2) is 0 Å². The predicted octanol–water partition coefficient (Wildman–Crippen LogP) is 5.88. The lowest BCUT2D eigenvalue weighted by Crippen LogP contribution is -2.00. The Morgan fingerprint density at radius 3 is 2.59 bits per heavy atom. The number of allylic oxidation sites excluding steroid dienone is 1. The van der Waals surface area contributed by atoms with Crippen LogP contribution in [0.15, 0.2) is 65.1 Å². The molecular weight excluding hydrogens is 474 g/mol. The van der Waals surface area contributed by atoms with Crippen LogP contribution in [0.4, 0.5) is 5.69 Å². The van der Waals surface area contributed by atoms with E-state index < -0.39 is 4.92 Å². The maximum Gasteiger partial charge on any atom is 0.270 e. The number of nitrogens with zero attached hydrogens (tertiary/aromatic N) is 3. The van der Waals surface area contributed by atoms with Gasteiger partial charge in [0.1, 0.15) is 6.61 Å². The molecule has 0 N–H and O–H groups in total. The molecule has 0 aliphatic rings. The average Bonchev–Trinajstić information content (AvgIpc) is 2.82. The van der Waals surface area contributed by atoms with E-state index in [-0.39, 0.29) is 17.9 Å². The van der Waals surface area contributed by atoms with Crippen LogP contribution >= 0.6 is 15.9 Å². The minimum atomic E-state index is -0.506. The number of ether oxygens (including phenoxy) is 2. The Kier molecular flexibility index (Phi) is 7.22. The number of nitriles is 2. The predicted molar refractivity (Wildman–Crippen MR) is 123 cm³/mol. The first-order chi connectivity index (χ1) is 15.5. The maximum atomic E-state index is 11.0. The Morgan fingerprint density at radius 2 is 1.91 bits per heavy atom. The molecule has 158 valence electrons. The number of nitro groups is 1. The van der Waals surface area contributed by atoms with E-state index >= 15 is 0 Å². The molecule has 0 aliphatic heterocycles. The van der Waals surface area contributed by atoms with Crippen molar-refractivity contribution in [2.24, 2.45) is 0 Å². The monoisotopic (exact) mass is 489 g/mol. The van der Waals surface area contributed by atoms with Crippen LogP contribution in [0.25, 0.3) is 11.6 Å². The van der Waals surface area contributed by atoms with E-state index in [1.54, 1.807) is 36.4 Å². The highest BCUT2D eigenvalue weighted by Crippen LogP contribution is 2.36. The molecule has 32 heavy (non-hydrogen) atoms. The van der Waals surface area contributed by atoms with E-state index in [4.69, 9.17) is 9.47 Å². The van der Waals surface area contributed by atoms with Crippen LogP contribution in [0.3, 0.4) is 0 Å². The van der Waals surface area contributed by atoms with Crippen LogP contribution in [-0.4, -0.2) is 12.0 Å². The highest BCUT2D eigenvalue weighted by molar-refractivity contribution is 9.10. The van der Waals surface area contributed by atoms with Gasteiger partial charge < -0.3 is 9.47 Å². The van der Waals surface area contributed by atoms with Crippen LogP contribution < -0.4 is 9.47 Å². The molecule has 0 saturated heterocycles. The second-order valence-corrected chi connectivity index (χ2v) is 7.41. The number of halogens is 1. The Hall–Kier alpha value is -4.14. The Balaban J connectivity index is 1.93. The third kappa shape index (κ3) is 5.12. The fraction of sp³-hybridized carbons (Fsp3) is 0.0833. The Morgan fingerprint density at radius 1 is 1.12 bits per heavy atom. The first kappa shape index (κ1) is 22.5. The van der Waals surface area contributed by atoms with Gasteiger partial charge in [0.25, 0.3) is 5.69 Å². The van der Waals surface area contributed by atoms with Crippen molar-refractivity contribution < 1.29 is 14.4 Å². The van der Waals surface area contributed by atoms with Crippen molar-refractivity contribution in [1.29, 1.82) is 10.5 Å². The van der Waals surface area contributed by atoms with Gasteiger partial charge in [0.05, 0.1) is 35.3 Å². The fourth-order valence-corrected chi connectivity index (χ4v) is 3.40. The lowest BCUT2D eigenvalue weighted by molar-refractivity contribution is -0.384. The lowest BCUT2D eigenvalue weighted by atomic mass is 10.0. The summed E-state index contributed by atoms with van der Waals surface area (Å²) < 4.78 is 12.0. The summed E-state index contributed by atoms with van der Waals surface area (Å²) in [6.07, 6.45) is 1.61. The number of rotatable bonds is 7. The van der Waals surface area contributed by atoms with Crippen molar-refractivity contribution in [2.75, 3.05) is 7.11 Å². The van der Waals surface area contributed by atoms with Gasteiger partial charge in [-0.15, -0.1) is 0 Å². The summed E-state index contributed by atoms with van der Waals surface area (Å²) in [6.45, 7) is 0.179. The maximum absolute atomic E-state index is 11.0. The van der Waals surface area contributed by atoms with E-state index in [0.717, 1.165) is 5.56 Å². The first-order valence-corrected chi connectivity index (χ1v) is 10.1. The number of non-ortho nitro benzene ring substituents is 1. The SMILES string of the molecule is COc1cc(/C=C(/C#N)c2cccc([N+](=O)[O-])c2)c(Br)cc1OCc1ccccc1C#N. The molecule has 0 aromatic heterocycles. The molecule has 7 nitrogen and oxygen atoms in total. The number of benzene rings is 3. The van der Waals surface area contributed by atoms with Gasteiger partial charge in [0.2, 0.25) is 0 Å². The molecule has 0 fully saturated rings. The second-order valence-electron chi connectivity index (χ2n) is 6.56. The van der Waals surface area contributed by atoms with E-state index in [9.17, 15) is 20.6 Å². The zero-order chi connectivity index (χ0) is 23.1. The summed E-state index contributed by atoms with van der Waals surface area (Å²) in [5.74, 6) is 0.892. The van der Waals surface area contributed by atoms with Crippen LogP contribution in [0.2, 0.25) is 0 Å². The van der Waals surface area contributed by atoms with Gasteiger partial charge in [-0.3, -0.25) is 10.1 Å². The summed E-state index contributed by atoms with van der Waals surface area (Å²) in [5.41, 5.74) is 2.50. The third-order valence-corrected chi connectivity index (χ3v) is 5.28. The number of hydrogen-bond donors (Lipinski definition) is 0. The molecule has 0 aliphatic carbocycles. The second kappa shape index (κ2) is 10.3. The molecule has 3 rings (SSSR count). The smallest absolute Gasteiger partial charge is 0.270 e. The average molecular weight is 490 g/mol. The van der Waals surface area contributed by atoms with E-state index in [0.29, 0.717) is 32.7 Å². The molecule has 0 radical (unpaired) electrons. The van der Waals surface area contributed by atoms with Crippen molar-refractivity contribution in [2.45, 2.75) is 6.61 Å². The van der Waals surface area contributed by atoms with E-state index in [1.807, 2.05) is 12.1 Å². The zero-order valence-corrected chi connectivity index (χ0v) is 18.5. The van der Waals surface area contributed by atoms with Crippen molar-refractivity contribution in [3.8, 4) is 23.6 Å². The van der Waals surface area contributed by atoms with Gasteiger partial charge in [0.15, 0.2) is 11.5 Å². The van der Waals surface area contributed by atoms with Gasteiger partial charge in [0, 0.05) is 22.2 Å². The zero-order valence-electron chi connectivity index (χ0n) is 16.9. The molecule has 0 saturated carbocycles. The highest BCUT2D eigenvalue weighted by atomic mass is 79.9. The van der Waals surface area contributed by atoms with Crippen molar-refractivity contribution in [3.63, 3.8) is 0 Å². The lowest BCUT2D eigenvalue weighted by Gasteiger charge is -2.13. The first-order valence-electron chi connectivity index (χ1n) is 9.31. The molecule has 8 heteroatoms. The summed E-state index contributed by atoms with van der Waals surface area (Å²) in [5, 5.41) is 29.9. The minimum absolute atomic E-state index is 0.0957. The quantitative estimate of drug-likeness (QED) is 0.177. The normalized spacial score (nSPS) is 10.7. The van der Waals surface area contributed by atoms with Crippen molar-refractivity contribution >= 4 is 33.3 Å². The molecule has 0 atom stereocenters. The van der Waals surface area contributed by atoms with Crippen LogP contribution in [-0.2, 0) is 6.61 Å². The van der Waals surface area contributed by atoms with Gasteiger partial charge in [-0.05, 0) is 35.4 Å². The fourth-order valence-electron chi connectivity index (χ4n) is 2.97. The molecule has 3 aromatic carbocycles. The highest BCUT2D eigenvalue weighted by Gasteiger charge is 2.13. The summed E-state index contributed by atoms with van der Waals surface area (Å²) in [7, 11) is 1.50. The number of methoxy groups -OCH3 is 1. The molecule has 0 amide bonds. The molecule has 0 unspecified atom stereocenters. The van der Waals surface area contributed by atoms with Crippen LogP contribution in [0, 0.1) is 32.8 Å². The standard InChI is InChI=1S/C24H16BrN3O4/c1-31-23-11-19(9-20(14-27)16-7-4-8-21(10-16)28(29)30)22(25)12-24(23)32-15-18-6-3-2-5-17(18)13-26/h2-12H,15H2,1H3/b20-9-. The molecule has 0 spiro atoms. The van der Waals surface area contributed by atoms with Gasteiger partial charge >= 0.3 is 0 Å². The number of hydrogen-bond acceptors (Lipinski definition) is 6. The summed E-state index contributed by atoms with van der Waals surface area (Å²) in [6, 6.07) is 20.7. The Labute approximate surface area is 193 Å². The molecular formula is C24H16BrN3O4. The van der Waals surface area contributed by atoms with Crippen LogP contribution in [0.1, 0.15) is 22.3 Å². The molecule has 3 aromatic rings. The Bertz CT molecular complexity index is 1290. The number of nitro benzene ring substituents is 1. The van der Waals surface area contributed by atoms with Crippen molar-refractivity contribution in [1.82, 2.24) is 0 Å². The van der Waals surface area contributed by atoms with Crippen molar-refractivity contribution in [3.05, 3.63) is 97.5 Å². The van der Waals surface area contributed by atoms with Gasteiger partial charge in [-0.2, -0.15) is 10.5 Å². The summed E-state index contributed by atoms with van der Waals surface area (Å²) >= 11 is 3.48. The summed E-state index contributed by atoms with van der Waals surface area (Å²) in [4.78, 5) is 10.5. The van der Waals surface area contributed by atoms with Crippen LogP contribution in [0.5, 0.6) is 11.5 Å².